The number of hydrogen-bond donors (Lipinski definition) is 4. The molecule has 0 unspecified atom stereocenters. The lowest BCUT2D eigenvalue weighted by Gasteiger charge is -2.39. The topological polar surface area (TPSA) is 98.3 Å². The molecule has 0 amide bonds. The molecule has 1 aromatic carbocycles. The van der Waals surface area contributed by atoms with E-state index in [1.807, 2.05) is 0 Å². The molecule has 0 aliphatic carbocycles. The molecule has 216 valence electrons. The molecule has 0 heterocycles. The number of unbranched alkanes of at least 4 members (excludes halogenated alkanes) is 6. The summed E-state index contributed by atoms with van der Waals surface area (Å²) in [6.45, 7) is 13.3. The van der Waals surface area contributed by atoms with E-state index >= 15 is 0 Å². The van der Waals surface area contributed by atoms with E-state index in [1.54, 1.807) is 0 Å². The first-order chi connectivity index (χ1) is 17.6. The van der Waals surface area contributed by atoms with Gasteiger partial charge in [0.05, 0.1) is 0 Å². The molecule has 4 nitrogen and oxygen atoms in total. The third kappa shape index (κ3) is 9.55. The van der Waals surface area contributed by atoms with Gasteiger partial charge in [0.2, 0.25) is 0 Å². The zero-order valence-corrected chi connectivity index (χ0v) is 25.6. The van der Waals surface area contributed by atoms with E-state index in [9.17, 15) is 5.11 Å². The second kappa shape index (κ2) is 16.8. The predicted octanol–water partition coefficient (Wildman–Crippen LogP) is 9.00. The molecule has 4 heteroatoms. The fourth-order valence-electron chi connectivity index (χ4n) is 5.84. The van der Waals surface area contributed by atoms with Gasteiger partial charge in [-0.1, -0.05) is 119 Å². The number of hydrogen-bond acceptors (Lipinski definition) is 4. The second-order valence-corrected chi connectivity index (χ2v) is 12.0. The Labute approximate surface area is 230 Å². The Balaban J connectivity index is 3.95. The summed E-state index contributed by atoms with van der Waals surface area (Å²) in [6, 6.07) is 4.38. The van der Waals surface area contributed by atoms with Crippen molar-refractivity contribution in [3.05, 3.63) is 28.8 Å². The van der Waals surface area contributed by atoms with Gasteiger partial charge in [-0.05, 0) is 56.2 Å². The fourth-order valence-corrected chi connectivity index (χ4v) is 5.84. The van der Waals surface area contributed by atoms with E-state index in [0.717, 1.165) is 132 Å². The van der Waals surface area contributed by atoms with Crippen molar-refractivity contribution >= 4 is 0 Å². The maximum atomic E-state index is 12.0. The lowest BCUT2D eigenvalue weighted by atomic mass is 9.72. The second-order valence-electron chi connectivity index (χ2n) is 12.0. The molecule has 0 bridgehead atoms. The molecule has 1 rings (SSSR count). The minimum atomic E-state index is -0.576. The monoisotopic (exact) mass is 517 g/mol. The molecule has 0 fully saturated rings. The molecule has 0 atom stereocenters. The molecule has 1 aromatic rings. The molecule has 7 N–H and O–H groups in total. The van der Waals surface area contributed by atoms with Crippen LogP contribution in [0.5, 0.6) is 5.75 Å². The van der Waals surface area contributed by atoms with E-state index in [-0.39, 0.29) is 0 Å². The smallest absolute Gasteiger partial charge is 0.125 e. The van der Waals surface area contributed by atoms with Gasteiger partial charge in [0, 0.05) is 27.7 Å². The molecular weight excluding hydrogens is 454 g/mol. The van der Waals surface area contributed by atoms with Crippen molar-refractivity contribution in [2.45, 2.75) is 174 Å². The summed E-state index contributed by atoms with van der Waals surface area (Å²) in [5.74, 6) is 0.335. The van der Waals surface area contributed by atoms with Gasteiger partial charge in [-0.15, -0.1) is 0 Å². The van der Waals surface area contributed by atoms with E-state index in [1.165, 1.54) is 0 Å². The van der Waals surface area contributed by atoms with Crippen LogP contribution in [-0.4, -0.2) is 5.11 Å². The van der Waals surface area contributed by atoms with Crippen molar-refractivity contribution in [1.29, 1.82) is 0 Å². The van der Waals surface area contributed by atoms with Crippen molar-refractivity contribution in [2.75, 3.05) is 0 Å². The lowest BCUT2D eigenvalue weighted by Crippen LogP contribution is -2.42. The molecule has 0 aromatic heterocycles. The van der Waals surface area contributed by atoms with Gasteiger partial charge in [-0.3, -0.25) is 0 Å². The highest BCUT2D eigenvalue weighted by Gasteiger charge is 2.38. The third-order valence-electron chi connectivity index (χ3n) is 8.62. The van der Waals surface area contributed by atoms with Gasteiger partial charge in [0.25, 0.3) is 0 Å². The fraction of sp³-hybridized carbons (Fsp3) is 0.818. The summed E-state index contributed by atoms with van der Waals surface area (Å²) in [5.41, 5.74) is 23.2. The van der Waals surface area contributed by atoms with Gasteiger partial charge in [0.1, 0.15) is 5.75 Å². The van der Waals surface area contributed by atoms with Gasteiger partial charge in [0.15, 0.2) is 0 Å². The largest absolute Gasteiger partial charge is 0.507 e. The SMILES string of the molecule is CCCCC(N)(CCCC)c1cc(C(N)(CCCC)CCCC)c(O)c(C(N)(CCCC)CCCC)c1. The van der Waals surface area contributed by atoms with Crippen molar-refractivity contribution in [2.24, 2.45) is 17.2 Å². The maximum Gasteiger partial charge on any atom is 0.125 e. The molecular formula is C33H63N3O. The normalized spacial score (nSPS) is 12.9. The van der Waals surface area contributed by atoms with Crippen LogP contribution < -0.4 is 17.2 Å². The standard InChI is InChI=1S/C33H63N3O/c1-7-13-19-31(34,20-14-8-2)27-25-28(32(35,21-15-9-3)22-16-10-4)30(37)29(26-27)33(36,23-17-11-5)24-18-12-6/h25-26,37H,7-24,34-36H2,1-6H3. The number of rotatable bonds is 21. The molecule has 0 aliphatic rings. The van der Waals surface area contributed by atoms with E-state index in [2.05, 4.69) is 53.7 Å². The van der Waals surface area contributed by atoms with E-state index < -0.39 is 16.6 Å². The molecule has 37 heavy (non-hydrogen) atoms. The zero-order chi connectivity index (χ0) is 28.0. The summed E-state index contributed by atoms with van der Waals surface area (Å²) < 4.78 is 0. The molecule has 0 spiro atoms. The minimum absolute atomic E-state index is 0.335. The highest BCUT2D eigenvalue weighted by Crippen LogP contribution is 2.46. The summed E-state index contributed by atoms with van der Waals surface area (Å²) in [5, 5.41) is 12.0. The Hall–Kier alpha value is -1.10. The van der Waals surface area contributed by atoms with E-state index in [4.69, 9.17) is 17.2 Å². The Kier molecular flexibility index (Phi) is 15.4. The van der Waals surface area contributed by atoms with Crippen LogP contribution in [0.4, 0.5) is 0 Å². The Morgan fingerprint density at radius 3 is 0.973 bits per heavy atom. The molecule has 0 saturated heterocycles. The average molecular weight is 518 g/mol. The highest BCUT2D eigenvalue weighted by atomic mass is 16.3. The van der Waals surface area contributed by atoms with Gasteiger partial charge < -0.3 is 22.3 Å². The van der Waals surface area contributed by atoms with Crippen molar-refractivity contribution in [3.63, 3.8) is 0 Å². The zero-order valence-electron chi connectivity index (χ0n) is 25.6. The first-order valence-electron chi connectivity index (χ1n) is 15.9. The van der Waals surface area contributed by atoms with E-state index in [0.29, 0.717) is 5.75 Å². The molecule has 0 saturated carbocycles. The lowest BCUT2D eigenvalue weighted by molar-refractivity contribution is 0.308. The average Bonchev–Trinajstić information content (AvgIpc) is 2.90. The summed E-state index contributed by atoms with van der Waals surface area (Å²) in [4.78, 5) is 0. The van der Waals surface area contributed by atoms with Gasteiger partial charge in [-0.25, -0.2) is 0 Å². The maximum absolute atomic E-state index is 12.0. The van der Waals surface area contributed by atoms with Crippen LogP contribution in [0.3, 0.4) is 0 Å². The number of phenolic OH excluding ortho intramolecular Hbond substituents is 1. The van der Waals surface area contributed by atoms with Crippen LogP contribution >= 0.6 is 0 Å². The number of nitrogens with two attached hydrogens (primary N) is 3. The van der Waals surface area contributed by atoms with Crippen LogP contribution in [0.1, 0.15) is 174 Å². The Morgan fingerprint density at radius 1 is 0.486 bits per heavy atom. The highest BCUT2D eigenvalue weighted by molar-refractivity contribution is 5.52. The first kappa shape index (κ1) is 33.9. The first-order valence-corrected chi connectivity index (χ1v) is 15.9. The Bertz CT molecular complexity index is 689. The minimum Gasteiger partial charge on any atom is -0.507 e. The number of benzene rings is 1. The number of phenols is 1. The van der Waals surface area contributed by atoms with Crippen LogP contribution in [0, 0.1) is 0 Å². The summed E-state index contributed by atoms with van der Waals surface area (Å²) in [6.07, 6.45) is 18.2. The van der Waals surface area contributed by atoms with Crippen LogP contribution in [-0.2, 0) is 16.6 Å². The van der Waals surface area contributed by atoms with Crippen molar-refractivity contribution in [1.82, 2.24) is 0 Å². The van der Waals surface area contributed by atoms with Crippen LogP contribution in [0.25, 0.3) is 0 Å². The third-order valence-corrected chi connectivity index (χ3v) is 8.62. The molecule has 0 radical (unpaired) electrons. The van der Waals surface area contributed by atoms with Gasteiger partial charge >= 0.3 is 0 Å². The molecule has 0 aliphatic heterocycles. The van der Waals surface area contributed by atoms with Crippen LogP contribution in [0.2, 0.25) is 0 Å². The van der Waals surface area contributed by atoms with Gasteiger partial charge in [-0.2, -0.15) is 0 Å². The summed E-state index contributed by atoms with van der Waals surface area (Å²) >= 11 is 0. The van der Waals surface area contributed by atoms with Crippen molar-refractivity contribution in [3.8, 4) is 5.75 Å². The number of aromatic hydroxyl groups is 1. The Morgan fingerprint density at radius 2 is 0.730 bits per heavy atom. The summed E-state index contributed by atoms with van der Waals surface area (Å²) in [7, 11) is 0. The predicted molar refractivity (Wildman–Crippen MR) is 163 cm³/mol. The van der Waals surface area contributed by atoms with Crippen molar-refractivity contribution < 1.29 is 5.11 Å². The van der Waals surface area contributed by atoms with Crippen LogP contribution in [0.15, 0.2) is 12.1 Å². The quantitative estimate of drug-likeness (QED) is 0.131.